The number of amides is 1. The number of rotatable bonds is 6. The van der Waals surface area contributed by atoms with E-state index in [0.29, 0.717) is 5.75 Å². The van der Waals surface area contributed by atoms with Gasteiger partial charge in [0.05, 0.1) is 18.6 Å². The summed E-state index contributed by atoms with van der Waals surface area (Å²) in [6.45, 7) is 0. The molecule has 4 aromatic rings. The van der Waals surface area contributed by atoms with E-state index >= 15 is 0 Å². The fraction of sp³-hybridized carbons (Fsp3) is 0.0870. The number of benzene rings is 3. The van der Waals surface area contributed by atoms with Crippen LogP contribution in [0.2, 0.25) is 0 Å². The van der Waals surface area contributed by atoms with Gasteiger partial charge in [0.15, 0.2) is 0 Å². The molecule has 1 aromatic heterocycles. The van der Waals surface area contributed by atoms with Gasteiger partial charge in [0.25, 0.3) is 0 Å². The molecule has 3 aromatic carbocycles. The molecule has 0 saturated heterocycles. The van der Waals surface area contributed by atoms with Crippen molar-refractivity contribution in [3.05, 3.63) is 78.9 Å². The number of carbonyl (C=O) groups excluding carboxylic acids is 1. The Hall–Kier alpha value is -3.18. The number of aromatic amines is 1. The van der Waals surface area contributed by atoms with Gasteiger partial charge in [-0.2, -0.15) is 0 Å². The fourth-order valence-corrected chi connectivity index (χ4v) is 4.08. The largest absolute Gasteiger partial charge is 0.497 e. The highest BCUT2D eigenvalue weighted by molar-refractivity contribution is 8.00. The van der Waals surface area contributed by atoms with Crippen LogP contribution in [-0.2, 0) is 4.79 Å². The summed E-state index contributed by atoms with van der Waals surface area (Å²) in [4.78, 5) is 17.1. The summed E-state index contributed by atoms with van der Waals surface area (Å²) >= 11 is 1.55. The second-order valence-electron chi connectivity index (χ2n) is 6.31. The number of H-pyrrole nitrogens is 1. The van der Waals surface area contributed by atoms with E-state index in [1.165, 1.54) is 0 Å². The summed E-state index contributed by atoms with van der Waals surface area (Å²) in [5.74, 6) is 1.05. The zero-order chi connectivity index (χ0) is 19.3. The molecule has 0 radical (unpaired) electrons. The summed E-state index contributed by atoms with van der Waals surface area (Å²) in [5, 5.41) is 4.07. The zero-order valence-corrected chi connectivity index (χ0v) is 16.3. The van der Waals surface area contributed by atoms with E-state index in [2.05, 4.69) is 34.6 Å². The Kier molecular flexibility index (Phi) is 5.35. The van der Waals surface area contributed by atoms with E-state index in [1.807, 2.05) is 54.6 Å². The molecule has 2 N–H and O–H groups in total. The van der Waals surface area contributed by atoms with Crippen molar-refractivity contribution in [2.24, 2.45) is 0 Å². The lowest BCUT2D eigenvalue weighted by Crippen LogP contribution is -2.13. The highest BCUT2D eigenvalue weighted by atomic mass is 32.2. The molecule has 0 unspecified atom stereocenters. The van der Waals surface area contributed by atoms with Gasteiger partial charge in [0, 0.05) is 21.5 Å². The molecule has 0 aliphatic rings. The van der Waals surface area contributed by atoms with Gasteiger partial charge in [0.2, 0.25) is 5.91 Å². The van der Waals surface area contributed by atoms with Crippen molar-refractivity contribution in [1.82, 2.24) is 4.98 Å². The van der Waals surface area contributed by atoms with Crippen molar-refractivity contribution in [1.29, 1.82) is 0 Å². The van der Waals surface area contributed by atoms with E-state index in [0.717, 1.165) is 38.5 Å². The van der Waals surface area contributed by atoms with E-state index in [1.54, 1.807) is 18.9 Å². The molecule has 0 aliphatic carbocycles. The molecule has 1 amide bonds. The van der Waals surface area contributed by atoms with Crippen LogP contribution in [0.5, 0.6) is 5.75 Å². The van der Waals surface area contributed by atoms with Crippen LogP contribution in [0.1, 0.15) is 0 Å². The number of carbonyl (C=O) groups is 1. The Labute approximate surface area is 167 Å². The molecule has 0 bridgehead atoms. The Bertz CT molecular complexity index is 1090. The van der Waals surface area contributed by atoms with E-state index in [9.17, 15) is 4.79 Å². The average molecular weight is 388 g/mol. The quantitative estimate of drug-likeness (QED) is 0.424. The predicted molar refractivity (Wildman–Crippen MR) is 116 cm³/mol. The van der Waals surface area contributed by atoms with Crippen LogP contribution >= 0.6 is 11.8 Å². The summed E-state index contributed by atoms with van der Waals surface area (Å²) in [7, 11) is 1.62. The van der Waals surface area contributed by atoms with E-state index in [-0.39, 0.29) is 5.91 Å². The molecule has 1 heterocycles. The van der Waals surface area contributed by atoms with Crippen molar-refractivity contribution in [2.45, 2.75) is 4.90 Å². The predicted octanol–water partition coefficient (Wildman–Crippen LogP) is 5.57. The van der Waals surface area contributed by atoms with Gasteiger partial charge in [-0.25, -0.2) is 0 Å². The smallest absolute Gasteiger partial charge is 0.234 e. The first-order chi connectivity index (χ1) is 13.7. The second kappa shape index (κ2) is 8.23. The van der Waals surface area contributed by atoms with E-state index in [4.69, 9.17) is 4.74 Å². The van der Waals surface area contributed by atoms with Crippen LogP contribution in [0.15, 0.2) is 83.8 Å². The van der Waals surface area contributed by atoms with Gasteiger partial charge >= 0.3 is 0 Å². The summed E-state index contributed by atoms with van der Waals surface area (Å²) in [5.41, 5.74) is 3.98. The molecule has 0 saturated carbocycles. The third-order valence-corrected chi connectivity index (χ3v) is 5.56. The molecule has 28 heavy (non-hydrogen) atoms. The van der Waals surface area contributed by atoms with Crippen LogP contribution in [0, 0.1) is 0 Å². The van der Waals surface area contributed by atoms with Crippen LogP contribution < -0.4 is 10.1 Å². The van der Waals surface area contributed by atoms with Crippen molar-refractivity contribution >= 4 is 34.3 Å². The minimum absolute atomic E-state index is 0.0422. The maximum atomic E-state index is 12.5. The Balaban J connectivity index is 1.54. The SMILES string of the molecule is COc1ccc(NC(=O)CSc2c(-c3ccccc3)[nH]c3ccccc23)cc1. The third kappa shape index (κ3) is 3.89. The molecule has 4 nitrogen and oxygen atoms in total. The number of ether oxygens (including phenoxy) is 1. The fourth-order valence-electron chi connectivity index (χ4n) is 3.08. The summed E-state index contributed by atoms with van der Waals surface area (Å²) < 4.78 is 5.15. The normalized spacial score (nSPS) is 10.8. The van der Waals surface area contributed by atoms with Gasteiger partial charge in [-0.05, 0) is 35.9 Å². The monoisotopic (exact) mass is 388 g/mol. The van der Waals surface area contributed by atoms with E-state index < -0.39 is 0 Å². The van der Waals surface area contributed by atoms with Crippen LogP contribution in [0.4, 0.5) is 5.69 Å². The highest BCUT2D eigenvalue weighted by Gasteiger charge is 2.15. The van der Waals surface area contributed by atoms with Gasteiger partial charge < -0.3 is 15.0 Å². The lowest BCUT2D eigenvalue weighted by atomic mass is 10.1. The molecule has 140 valence electrons. The molecule has 4 rings (SSSR count). The van der Waals surface area contributed by atoms with Crippen molar-refractivity contribution in [2.75, 3.05) is 18.2 Å². The van der Waals surface area contributed by atoms with Gasteiger partial charge in [0.1, 0.15) is 5.75 Å². The Morgan fingerprint density at radius 2 is 1.68 bits per heavy atom. The number of hydrogen-bond donors (Lipinski definition) is 2. The number of thioether (sulfide) groups is 1. The summed E-state index contributed by atoms with van der Waals surface area (Å²) in [6, 6.07) is 25.7. The third-order valence-electron chi connectivity index (χ3n) is 4.44. The first-order valence-corrected chi connectivity index (χ1v) is 9.96. The number of fused-ring (bicyclic) bond motifs is 1. The van der Waals surface area contributed by atoms with Crippen molar-refractivity contribution in [3.8, 4) is 17.0 Å². The molecular formula is C23H20N2O2S. The van der Waals surface area contributed by atoms with Gasteiger partial charge in [-0.15, -0.1) is 11.8 Å². The number of hydrogen-bond acceptors (Lipinski definition) is 3. The van der Waals surface area contributed by atoms with Gasteiger partial charge in [-0.1, -0.05) is 48.5 Å². The summed E-state index contributed by atoms with van der Waals surface area (Å²) in [6.07, 6.45) is 0. The minimum Gasteiger partial charge on any atom is -0.497 e. The molecular weight excluding hydrogens is 368 g/mol. The molecule has 0 aliphatic heterocycles. The number of anilines is 1. The second-order valence-corrected chi connectivity index (χ2v) is 7.29. The van der Waals surface area contributed by atoms with Gasteiger partial charge in [-0.3, -0.25) is 4.79 Å². The number of aromatic nitrogens is 1. The van der Waals surface area contributed by atoms with Crippen LogP contribution in [0.3, 0.4) is 0 Å². The maximum Gasteiger partial charge on any atom is 0.234 e. The maximum absolute atomic E-state index is 12.5. The Morgan fingerprint density at radius 1 is 0.964 bits per heavy atom. The number of para-hydroxylation sites is 1. The lowest BCUT2D eigenvalue weighted by Gasteiger charge is -2.07. The van der Waals surface area contributed by atoms with Crippen molar-refractivity contribution in [3.63, 3.8) is 0 Å². The molecule has 0 atom stereocenters. The highest BCUT2D eigenvalue weighted by Crippen LogP contribution is 2.37. The standard InChI is InChI=1S/C23H20N2O2S/c1-27-18-13-11-17(12-14-18)24-21(26)15-28-23-19-9-5-6-10-20(19)25-22(23)16-7-3-2-4-8-16/h2-14,25H,15H2,1H3,(H,24,26). The number of nitrogens with one attached hydrogen (secondary N) is 2. The van der Waals surface area contributed by atoms with Crippen LogP contribution in [0.25, 0.3) is 22.2 Å². The first kappa shape index (κ1) is 18.2. The molecule has 0 spiro atoms. The average Bonchev–Trinajstić information content (AvgIpc) is 3.12. The molecule has 0 fully saturated rings. The Morgan fingerprint density at radius 3 is 2.43 bits per heavy atom. The van der Waals surface area contributed by atoms with Crippen molar-refractivity contribution < 1.29 is 9.53 Å². The van der Waals surface area contributed by atoms with Crippen LogP contribution in [-0.4, -0.2) is 23.8 Å². The lowest BCUT2D eigenvalue weighted by molar-refractivity contribution is -0.113. The minimum atomic E-state index is -0.0422. The molecule has 5 heteroatoms. The topological polar surface area (TPSA) is 54.1 Å². The zero-order valence-electron chi connectivity index (χ0n) is 15.4. The first-order valence-electron chi connectivity index (χ1n) is 8.97. The number of methoxy groups -OCH3 is 1.